The molecular formula is C16H23NO5. The fraction of sp³-hybridized carbons (Fsp3) is 0.500. The molecule has 0 aliphatic heterocycles. The number of hydrogen-bond acceptors (Lipinski definition) is 4. The molecule has 0 aliphatic carbocycles. The van der Waals surface area contributed by atoms with Crippen molar-refractivity contribution in [3.63, 3.8) is 0 Å². The fourth-order valence-corrected chi connectivity index (χ4v) is 2.15. The summed E-state index contributed by atoms with van der Waals surface area (Å²) in [7, 11) is 3.14. The first kappa shape index (κ1) is 17.8. The maximum atomic E-state index is 12.2. The smallest absolute Gasteiger partial charge is 0.323 e. The molecule has 6 nitrogen and oxygen atoms in total. The molecule has 0 radical (unpaired) electrons. The largest absolute Gasteiger partial charge is 0.497 e. The van der Waals surface area contributed by atoms with Crippen LogP contribution in [0, 0.1) is 0 Å². The van der Waals surface area contributed by atoms with Crippen LogP contribution in [0.1, 0.15) is 25.3 Å². The Balaban J connectivity index is 2.70. The molecule has 22 heavy (non-hydrogen) atoms. The molecule has 0 heterocycles. The second kappa shape index (κ2) is 8.92. The van der Waals surface area contributed by atoms with E-state index in [0.717, 1.165) is 12.0 Å². The number of methoxy groups -OCH3 is 2. The van der Waals surface area contributed by atoms with Crippen molar-refractivity contribution in [1.29, 1.82) is 0 Å². The zero-order valence-corrected chi connectivity index (χ0v) is 13.3. The van der Waals surface area contributed by atoms with Crippen LogP contribution in [0.3, 0.4) is 0 Å². The number of benzene rings is 1. The number of carbonyl (C=O) groups excluding carboxylic acids is 1. The lowest BCUT2D eigenvalue weighted by molar-refractivity contribution is -0.144. The van der Waals surface area contributed by atoms with Gasteiger partial charge >= 0.3 is 5.97 Å². The number of aliphatic carboxylic acids is 1. The topological polar surface area (TPSA) is 76.1 Å². The van der Waals surface area contributed by atoms with Gasteiger partial charge in [0.2, 0.25) is 5.91 Å². The Morgan fingerprint density at radius 1 is 1.14 bits per heavy atom. The number of aryl methyl sites for hydroxylation is 1. The van der Waals surface area contributed by atoms with Gasteiger partial charge in [-0.25, -0.2) is 0 Å². The number of amides is 1. The van der Waals surface area contributed by atoms with Gasteiger partial charge in [0.25, 0.3) is 0 Å². The third-order valence-electron chi connectivity index (χ3n) is 3.21. The van der Waals surface area contributed by atoms with Crippen molar-refractivity contribution < 1.29 is 24.2 Å². The number of ether oxygens (including phenoxy) is 2. The van der Waals surface area contributed by atoms with Gasteiger partial charge in [0, 0.05) is 19.0 Å². The Bertz CT molecular complexity index is 493. The van der Waals surface area contributed by atoms with Crippen molar-refractivity contribution in [2.24, 2.45) is 0 Å². The van der Waals surface area contributed by atoms with E-state index < -0.39 is 5.97 Å². The lowest BCUT2D eigenvalue weighted by Crippen LogP contribution is -2.36. The van der Waals surface area contributed by atoms with E-state index in [1.54, 1.807) is 20.3 Å². The lowest BCUT2D eigenvalue weighted by atomic mass is 10.1. The van der Waals surface area contributed by atoms with E-state index in [4.69, 9.17) is 14.6 Å². The van der Waals surface area contributed by atoms with Crippen LogP contribution in [-0.4, -0.2) is 49.2 Å². The Labute approximate surface area is 130 Å². The first-order valence-corrected chi connectivity index (χ1v) is 7.21. The highest BCUT2D eigenvalue weighted by atomic mass is 16.5. The monoisotopic (exact) mass is 309 g/mol. The van der Waals surface area contributed by atoms with Crippen LogP contribution in [0.5, 0.6) is 11.5 Å². The number of rotatable bonds is 9. The van der Waals surface area contributed by atoms with Crippen LogP contribution in [0.25, 0.3) is 0 Å². The Morgan fingerprint density at radius 3 is 2.18 bits per heavy atom. The Kier molecular flexibility index (Phi) is 7.22. The first-order chi connectivity index (χ1) is 10.5. The summed E-state index contributed by atoms with van der Waals surface area (Å²) in [5.41, 5.74) is 0.913. The number of hydrogen-bond donors (Lipinski definition) is 1. The molecule has 0 spiro atoms. The van der Waals surface area contributed by atoms with Crippen molar-refractivity contribution >= 4 is 11.9 Å². The summed E-state index contributed by atoms with van der Waals surface area (Å²) in [5.74, 6) is 0.173. The minimum Gasteiger partial charge on any atom is -0.497 e. The van der Waals surface area contributed by atoms with Gasteiger partial charge in [-0.05, 0) is 30.5 Å². The van der Waals surface area contributed by atoms with Gasteiger partial charge in [0.05, 0.1) is 14.2 Å². The molecule has 1 N–H and O–H groups in total. The number of carboxylic acids is 1. The van der Waals surface area contributed by atoms with Crippen molar-refractivity contribution in [3.8, 4) is 11.5 Å². The molecule has 0 aliphatic rings. The fourth-order valence-electron chi connectivity index (χ4n) is 2.15. The summed E-state index contributed by atoms with van der Waals surface area (Å²) in [5, 5.41) is 8.85. The Hall–Kier alpha value is -2.24. The molecule has 1 rings (SSSR count). The van der Waals surface area contributed by atoms with E-state index in [0.29, 0.717) is 24.5 Å². The zero-order valence-electron chi connectivity index (χ0n) is 13.3. The van der Waals surface area contributed by atoms with E-state index in [-0.39, 0.29) is 18.9 Å². The molecule has 1 amide bonds. The van der Waals surface area contributed by atoms with Crippen molar-refractivity contribution in [2.45, 2.75) is 26.2 Å². The molecule has 0 unspecified atom stereocenters. The third-order valence-corrected chi connectivity index (χ3v) is 3.21. The molecule has 1 aromatic rings. The van der Waals surface area contributed by atoms with E-state index in [1.165, 1.54) is 4.90 Å². The highest BCUT2D eigenvalue weighted by molar-refractivity contribution is 5.81. The number of nitrogens with zero attached hydrogens (tertiary/aromatic N) is 1. The SMILES string of the molecule is CCCN(CC(=O)O)C(=O)CCc1cc(OC)cc(OC)c1. The molecular weight excluding hydrogens is 286 g/mol. The van der Waals surface area contributed by atoms with Crippen LogP contribution in [0.2, 0.25) is 0 Å². The average Bonchev–Trinajstić information content (AvgIpc) is 2.51. The van der Waals surface area contributed by atoms with Crippen LogP contribution >= 0.6 is 0 Å². The molecule has 122 valence electrons. The van der Waals surface area contributed by atoms with Gasteiger partial charge < -0.3 is 19.5 Å². The summed E-state index contributed by atoms with van der Waals surface area (Å²) in [6.45, 7) is 2.11. The predicted molar refractivity (Wildman–Crippen MR) is 82.4 cm³/mol. The lowest BCUT2D eigenvalue weighted by Gasteiger charge is -2.20. The van der Waals surface area contributed by atoms with Gasteiger partial charge in [0.1, 0.15) is 18.0 Å². The van der Waals surface area contributed by atoms with Crippen LogP contribution in [-0.2, 0) is 16.0 Å². The van der Waals surface area contributed by atoms with Gasteiger partial charge in [-0.3, -0.25) is 9.59 Å². The minimum absolute atomic E-state index is 0.161. The van der Waals surface area contributed by atoms with Gasteiger partial charge in [-0.15, -0.1) is 0 Å². The van der Waals surface area contributed by atoms with Crippen LogP contribution < -0.4 is 9.47 Å². The van der Waals surface area contributed by atoms with Crippen molar-refractivity contribution in [2.75, 3.05) is 27.3 Å². The molecule has 0 atom stereocenters. The summed E-state index contributed by atoms with van der Waals surface area (Å²) >= 11 is 0. The second-order valence-corrected chi connectivity index (χ2v) is 4.93. The predicted octanol–water partition coefficient (Wildman–Crippen LogP) is 1.96. The van der Waals surface area contributed by atoms with E-state index in [1.807, 2.05) is 19.1 Å². The number of carboxylic acid groups (broad SMARTS) is 1. The normalized spacial score (nSPS) is 10.1. The quantitative estimate of drug-likeness (QED) is 0.754. The summed E-state index contributed by atoms with van der Waals surface area (Å²) in [6, 6.07) is 5.45. The minimum atomic E-state index is -0.996. The van der Waals surface area contributed by atoms with Gasteiger partial charge in [-0.1, -0.05) is 6.92 Å². The highest BCUT2D eigenvalue weighted by Gasteiger charge is 2.16. The van der Waals surface area contributed by atoms with E-state index >= 15 is 0 Å². The zero-order chi connectivity index (χ0) is 16.5. The standard InChI is InChI=1S/C16H23NO5/c1-4-7-17(11-16(19)20)15(18)6-5-12-8-13(21-2)10-14(9-12)22-3/h8-10H,4-7,11H2,1-3H3,(H,19,20). The maximum Gasteiger partial charge on any atom is 0.323 e. The summed E-state index contributed by atoms with van der Waals surface area (Å²) in [6.07, 6.45) is 1.49. The summed E-state index contributed by atoms with van der Waals surface area (Å²) in [4.78, 5) is 24.3. The molecule has 0 saturated carbocycles. The second-order valence-electron chi connectivity index (χ2n) is 4.93. The van der Waals surface area contributed by atoms with Crippen LogP contribution in [0.15, 0.2) is 18.2 Å². The first-order valence-electron chi connectivity index (χ1n) is 7.21. The van der Waals surface area contributed by atoms with Gasteiger partial charge in [-0.2, -0.15) is 0 Å². The van der Waals surface area contributed by atoms with E-state index in [2.05, 4.69) is 0 Å². The molecule has 0 aromatic heterocycles. The maximum absolute atomic E-state index is 12.2. The highest BCUT2D eigenvalue weighted by Crippen LogP contribution is 2.23. The van der Waals surface area contributed by atoms with Crippen LogP contribution in [0.4, 0.5) is 0 Å². The molecule has 0 fully saturated rings. The third kappa shape index (κ3) is 5.63. The van der Waals surface area contributed by atoms with E-state index in [9.17, 15) is 9.59 Å². The Morgan fingerprint density at radius 2 is 1.73 bits per heavy atom. The molecule has 6 heteroatoms. The van der Waals surface area contributed by atoms with Gasteiger partial charge in [0.15, 0.2) is 0 Å². The average molecular weight is 309 g/mol. The molecule has 1 aromatic carbocycles. The van der Waals surface area contributed by atoms with Crippen molar-refractivity contribution in [3.05, 3.63) is 23.8 Å². The summed E-state index contributed by atoms with van der Waals surface area (Å²) < 4.78 is 10.4. The number of carbonyl (C=O) groups is 2. The van der Waals surface area contributed by atoms with Crippen molar-refractivity contribution in [1.82, 2.24) is 4.90 Å². The molecule has 0 saturated heterocycles. The molecule has 0 bridgehead atoms.